The minimum atomic E-state index is -3.60. The zero-order chi connectivity index (χ0) is 11.9. The predicted octanol–water partition coefficient (Wildman–Crippen LogP) is 1.94. The van der Waals surface area contributed by atoms with Crippen molar-refractivity contribution in [2.75, 3.05) is 0 Å². The predicted molar refractivity (Wildman–Crippen MR) is 61.3 cm³/mol. The van der Waals surface area contributed by atoms with E-state index in [1.54, 1.807) is 13.0 Å². The maximum atomic E-state index is 11.2. The van der Waals surface area contributed by atoms with Crippen LogP contribution in [0.2, 0.25) is 0 Å². The lowest BCUT2D eigenvalue weighted by Gasteiger charge is -2.20. The summed E-state index contributed by atoms with van der Waals surface area (Å²) in [7, 11) is -3.60. The van der Waals surface area contributed by atoms with Crippen molar-refractivity contribution in [1.82, 2.24) is 0 Å². The summed E-state index contributed by atoms with van der Waals surface area (Å²) in [5.74, 6) is 0. The topological polar surface area (TPSA) is 60.2 Å². The first-order valence-corrected chi connectivity index (χ1v) is 6.31. The van der Waals surface area contributed by atoms with Crippen LogP contribution < -0.4 is 5.14 Å². The molecule has 0 saturated heterocycles. The van der Waals surface area contributed by atoms with Crippen molar-refractivity contribution in [3.8, 4) is 0 Å². The second-order valence-electron chi connectivity index (χ2n) is 4.78. The molecule has 15 heavy (non-hydrogen) atoms. The molecule has 3 nitrogen and oxygen atoms in total. The third-order valence-electron chi connectivity index (χ3n) is 2.35. The fourth-order valence-electron chi connectivity index (χ4n) is 1.44. The number of primary sulfonamides is 1. The Bertz CT molecular complexity index is 470. The van der Waals surface area contributed by atoms with Gasteiger partial charge in [0, 0.05) is 0 Å². The Morgan fingerprint density at radius 3 is 2.07 bits per heavy atom. The quantitative estimate of drug-likeness (QED) is 0.797. The van der Waals surface area contributed by atoms with Gasteiger partial charge >= 0.3 is 0 Å². The van der Waals surface area contributed by atoms with Gasteiger partial charge in [-0.2, -0.15) is 0 Å². The molecule has 0 saturated carbocycles. The van der Waals surface area contributed by atoms with E-state index in [2.05, 4.69) is 20.8 Å². The molecule has 0 heterocycles. The van der Waals surface area contributed by atoms with Crippen LogP contribution in [-0.4, -0.2) is 8.42 Å². The molecule has 0 fully saturated rings. The SMILES string of the molecule is Cc1cc(C(C)(C)C)ccc1S(N)(=O)=O. The Morgan fingerprint density at radius 1 is 1.20 bits per heavy atom. The number of sulfonamides is 1. The summed E-state index contributed by atoms with van der Waals surface area (Å²) in [6.45, 7) is 8.00. The summed E-state index contributed by atoms with van der Waals surface area (Å²) in [6.07, 6.45) is 0. The summed E-state index contributed by atoms with van der Waals surface area (Å²) in [4.78, 5) is 0.204. The molecule has 84 valence electrons. The van der Waals surface area contributed by atoms with Gasteiger partial charge in [-0.3, -0.25) is 0 Å². The first-order chi connectivity index (χ1) is 6.62. The van der Waals surface area contributed by atoms with Crippen molar-refractivity contribution in [3.63, 3.8) is 0 Å². The van der Waals surface area contributed by atoms with E-state index in [9.17, 15) is 8.42 Å². The summed E-state index contributed by atoms with van der Waals surface area (Å²) >= 11 is 0. The standard InChI is InChI=1S/C11H17NO2S/c1-8-7-9(11(2,3)4)5-6-10(8)15(12,13)14/h5-7H,1-4H3,(H2,12,13,14). The zero-order valence-corrected chi connectivity index (χ0v) is 10.4. The third kappa shape index (κ3) is 2.79. The molecule has 0 aromatic heterocycles. The Hall–Kier alpha value is -0.870. The van der Waals surface area contributed by atoms with Gasteiger partial charge in [0.1, 0.15) is 0 Å². The Balaban J connectivity index is 3.34. The van der Waals surface area contributed by atoms with Gasteiger partial charge in [-0.15, -0.1) is 0 Å². The van der Waals surface area contributed by atoms with E-state index in [0.717, 1.165) is 5.56 Å². The molecule has 4 heteroatoms. The first kappa shape index (κ1) is 12.2. The number of nitrogens with two attached hydrogens (primary N) is 1. The molecule has 2 N–H and O–H groups in total. The summed E-state index contributed by atoms with van der Waals surface area (Å²) in [5.41, 5.74) is 1.82. The molecule has 0 aliphatic carbocycles. The lowest BCUT2D eigenvalue weighted by Crippen LogP contribution is -2.16. The van der Waals surface area contributed by atoms with Crippen molar-refractivity contribution in [2.45, 2.75) is 38.0 Å². The van der Waals surface area contributed by atoms with E-state index in [0.29, 0.717) is 5.56 Å². The van der Waals surface area contributed by atoms with E-state index in [4.69, 9.17) is 5.14 Å². The molecule has 1 rings (SSSR count). The fourth-order valence-corrected chi connectivity index (χ4v) is 2.20. The van der Waals surface area contributed by atoms with E-state index in [1.807, 2.05) is 12.1 Å². The maximum absolute atomic E-state index is 11.2. The molecule has 1 aromatic rings. The number of rotatable bonds is 1. The van der Waals surface area contributed by atoms with Gasteiger partial charge < -0.3 is 0 Å². The van der Waals surface area contributed by atoms with E-state index in [-0.39, 0.29) is 10.3 Å². The Kier molecular flexibility index (Phi) is 2.94. The number of hydrogen-bond donors (Lipinski definition) is 1. The van der Waals surface area contributed by atoms with Crippen LogP contribution >= 0.6 is 0 Å². The van der Waals surface area contributed by atoms with Gasteiger partial charge in [-0.05, 0) is 29.5 Å². The number of benzene rings is 1. The van der Waals surface area contributed by atoms with Gasteiger partial charge in [0.25, 0.3) is 0 Å². The molecular weight excluding hydrogens is 210 g/mol. The van der Waals surface area contributed by atoms with Crippen LogP contribution in [0.15, 0.2) is 23.1 Å². The molecule has 1 aromatic carbocycles. The molecule has 0 atom stereocenters. The van der Waals surface area contributed by atoms with E-state index >= 15 is 0 Å². The van der Waals surface area contributed by atoms with Gasteiger partial charge in [-0.1, -0.05) is 32.9 Å². The number of hydrogen-bond acceptors (Lipinski definition) is 2. The normalized spacial score (nSPS) is 12.9. The Morgan fingerprint density at radius 2 is 1.73 bits per heavy atom. The highest BCUT2D eigenvalue weighted by atomic mass is 32.2. The monoisotopic (exact) mass is 227 g/mol. The largest absolute Gasteiger partial charge is 0.238 e. The highest BCUT2D eigenvalue weighted by molar-refractivity contribution is 7.89. The third-order valence-corrected chi connectivity index (χ3v) is 3.42. The molecule has 0 aliphatic heterocycles. The van der Waals surface area contributed by atoms with Gasteiger partial charge in [0.2, 0.25) is 10.0 Å². The van der Waals surface area contributed by atoms with Crippen molar-refractivity contribution in [1.29, 1.82) is 0 Å². The Labute approximate surface area is 91.4 Å². The molecule has 0 unspecified atom stereocenters. The minimum absolute atomic E-state index is 0.0155. The van der Waals surface area contributed by atoms with Crippen LogP contribution in [0.25, 0.3) is 0 Å². The summed E-state index contributed by atoms with van der Waals surface area (Å²) < 4.78 is 22.4. The van der Waals surface area contributed by atoms with E-state index in [1.165, 1.54) is 0 Å². The zero-order valence-electron chi connectivity index (χ0n) is 9.53. The highest BCUT2D eigenvalue weighted by Crippen LogP contribution is 2.25. The highest BCUT2D eigenvalue weighted by Gasteiger charge is 2.17. The van der Waals surface area contributed by atoms with Gasteiger partial charge in [0.15, 0.2) is 0 Å². The first-order valence-electron chi connectivity index (χ1n) is 4.76. The van der Waals surface area contributed by atoms with Crippen molar-refractivity contribution >= 4 is 10.0 Å². The molecule has 0 spiro atoms. The fraction of sp³-hybridized carbons (Fsp3) is 0.455. The second-order valence-corrected chi connectivity index (χ2v) is 6.31. The van der Waals surface area contributed by atoms with Crippen molar-refractivity contribution < 1.29 is 8.42 Å². The average molecular weight is 227 g/mol. The molecule has 0 amide bonds. The van der Waals surface area contributed by atoms with Crippen molar-refractivity contribution in [3.05, 3.63) is 29.3 Å². The summed E-state index contributed by atoms with van der Waals surface area (Å²) in [6, 6.07) is 5.26. The van der Waals surface area contributed by atoms with Crippen LogP contribution in [0, 0.1) is 6.92 Å². The molecular formula is C11H17NO2S. The number of aryl methyl sites for hydroxylation is 1. The van der Waals surface area contributed by atoms with Crippen LogP contribution in [0.4, 0.5) is 0 Å². The second kappa shape index (κ2) is 3.61. The van der Waals surface area contributed by atoms with Crippen LogP contribution in [0.1, 0.15) is 31.9 Å². The molecule has 0 radical (unpaired) electrons. The lowest BCUT2D eigenvalue weighted by atomic mass is 9.86. The average Bonchev–Trinajstić information content (AvgIpc) is 1.99. The lowest BCUT2D eigenvalue weighted by molar-refractivity contribution is 0.585. The van der Waals surface area contributed by atoms with Gasteiger partial charge in [0.05, 0.1) is 4.90 Å². The summed E-state index contributed by atoms with van der Waals surface area (Å²) in [5, 5.41) is 5.09. The van der Waals surface area contributed by atoms with Crippen LogP contribution in [-0.2, 0) is 15.4 Å². The van der Waals surface area contributed by atoms with E-state index < -0.39 is 10.0 Å². The van der Waals surface area contributed by atoms with Crippen molar-refractivity contribution in [2.24, 2.45) is 5.14 Å². The van der Waals surface area contributed by atoms with Gasteiger partial charge in [-0.25, -0.2) is 13.6 Å². The molecule has 0 bridgehead atoms. The van der Waals surface area contributed by atoms with Crippen LogP contribution in [0.3, 0.4) is 0 Å². The molecule has 0 aliphatic rings. The maximum Gasteiger partial charge on any atom is 0.238 e. The smallest absolute Gasteiger partial charge is 0.225 e. The minimum Gasteiger partial charge on any atom is -0.225 e. The van der Waals surface area contributed by atoms with Crippen LogP contribution in [0.5, 0.6) is 0 Å².